The van der Waals surface area contributed by atoms with E-state index in [0.717, 1.165) is 8.64 Å². The summed E-state index contributed by atoms with van der Waals surface area (Å²) in [6.07, 6.45) is 27.0. The molecule has 0 N–H and O–H groups in total. The summed E-state index contributed by atoms with van der Waals surface area (Å²) in [5.74, 6) is 0. The van der Waals surface area contributed by atoms with Gasteiger partial charge in [0, 0.05) is 24.2 Å². The van der Waals surface area contributed by atoms with Crippen LogP contribution in [-0.4, -0.2) is 42.6 Å². The van der Waals surface area contributed by atoms with Gasteiger partial charge in [0.05, 0.1) is 0 Å². The molecule has 4 rings (SSSR count). The van der Waals surface area contributed by atoms with Crippen LogP contribution in [0.15, 0.2) is 0 Å². The molecule has 0 amide bonds. The van der Waals surface area contributed by atoms with Gasteiger partial charge in [0.1, 0.15) is 0 Å². The molecule has 4 aliphatic carbocycles. The standard InChI is InChI=1S/2C13H23NS2.Ni/c2*15-13(16)14(11-7-3-1-4-8-11)12-9-5-2-6-10-12;/h2*11-12H,1-10H2,(H,15,16);/q;;+2/p-2. The number of hydrogen-bond acceptors (Lipinski definition) is 4. The van der Waals surface area contributed by atoms with Gasteiger partial charge in [0.2, 0.25) is 0 Å². The van der Waals surface area contributed by atoms with E-state index in [4.69, 9.17) is 49.7 Å². The van der Waals surface area contributed by atoms with E-state index < -0.39 is 0 Å². The van der Waals surface area contributed by atoms with Gasteiger partial charge in [0.15, 0.2) is 0 Å². The average Bonchev–Trinajstić information content (AvgIpc) is 2.82. The molecule has 0 aromatic heterocycles. The Morgan fingerprint density at radius 3 is 0.758 bits per heavy atom. The molecule has 4 aliphatic rings. The van der Waals surface area contributed by atoms with Crippen LogP contribution >= 0.6 is 24.4 Å². The van der Waals surface area contributed by atoms with E-state index in [0.29, 0.717) is 24.2 Å². The first-order valence-electron chi connectivity index (χ1n) is 13.6. The molecule has 0 aromatic rings. The largest absolute Gasteiger partial charge is 2.00 e. The molecular formula is C26H44N2NiS4. The molecule has 0 atom stereocenters. The average molecular weight is 572 g/mol. The third-order valence-electron chi connectivity index (χ3n) is 8.29. The van der Waals surface area contributed by atoms with E-state index >= 15 is 0 Å². The number of nitrogens with zero attached hydrogens (tertiary/aromatic N) is 2. The van der Waals surface area contributed by atoms with Crippen LogP contribution < -0.4 is 0 Å². The zero-order chi connectivity index (χ0) is 22.8. The quantitative estimate of drug-likeness (QED) is 0.194. The number of rotatable bonds is 4. The normalized spacial score (nSPS) is 23.5. The van der Waals surface area contributed by atoms with Gasteiger partial charge in [-0.3, -0.25) is 0 Å². The summed E-state index contributed by atoms with van der Waals surface area (Å²) in [6.45, 7) is 0. The van der Waals surface area contributed by atoms with Gasteiger partial charge in [-0.2, -0.15) is 0 Å². The molecule has 0 heterocycles. The molecule has 2 nitrogen and oxygen atoms in total. The first-order valence-corrected chi connectivity index (χ1v) is 15.2. The molecule has 4 fully saturated rings. The van der Waals surface area contributed by atoms with Gasteiger partial charge < -0.3 is 59.5 Å². The first-order chi connectivity index (χ1) is 15.6. The molecular weight excluding hydrogens is 527 g/mol. The van der Waals surface area contributed by atoms with E-state index in [1.54, 1.807) is 0 Å². The van der Waals surface area contributed by atoms with E-state index in [9.17, 15) is 0 Å². The Morgan fingerprint density at radius 2 is 0.606 bits per heavy atom. The summed E-state index contributed by atoms with van der Waals surface area (Å²) in [6, 6.07) is 2.67. The van der Waals surface area contributed by atoms with E-state index in [2.05, 4.69) is 9.80 Å². The zero-order valence-electron chi connectivity index (χ0n) is 20.3. The van der Waals surface area contributed by atoms with E-state index in [1.807, 2.05) is 0 Å². The van der Waals surface area contributed by atoms with Gasteiger partial charge in [-0.25, -0.2) is 0 Å². The second-order valence-electron chi connectivity index (χ2n) is 10.5. The number of hydrogen-bond donors (Lipinski definition) is 0. The smallest absolute Gasteiger partial charge is 0.411 e. The third kappa shape index (κ3) is 9.59. The monoisotopic (exact) mass is 570 g/mol. The predicted octanol–water partition coefficient (Wildman–Crippen LogP) is 7.57. The van der Waals surface area contributed by atoms with Crippen molar-refractivity contribution in [1.29, 1.82) is 0 Å². The maximum Gasteiger partial charge on any atom is 2.00 e. The van der Waals surface area contributed by atoms with Gasteiger partial charge in [0.25, 0.3) is 0 Å². The Hall–Kier alpha value is 0.714. The van der Waals surface area contributed by atoms with Crippen molar-refractivity contribution in [2.75, 3.05) is 0 Å². The molecule has 0 spiro atoms. The van der Waals surface area contributed by atoms with Gasteiger partial charge in [-0.1, -0.05) is 85.7 Å². The maximum absolute atomic E-state index is 5.32. The topological polar surface area (TPSA) is 6.48 Å². The van der Waals surface area contributed by atoms with Crippen LogP contribution in [0, 0.1) is 0 Å². The van der Waals surface area contributed by atoms with Crippen molar-refractivity contribution >= 4 is 58.3 Å². The molecule has 7 heteroatoms. The summed E-state index contributed by atoms with van der Waals surface area (Å²) >= 11 is 21.3. The van der Waals surface area contributed by atoms with Crippen LogP contribution in [0.5, 0.6) is 0 Å². The maximum atomic E-state index is 5.32. The summed E-state index contributed by atoms with van der Waals surface area (Å²) in [5, 5.41) is 0. The van der Waals surface area contributed by atoms with Gasteiger partial charge in [-0.05, 0) is 51.4 Å². The Morgan fingerprint density at radius 1 is 0.424 bits per heavy atom. The zero-order valence-corrected chi connectivity index (χ0v) is 24.5. The third-order valence-corrected chi connectivity index (χ3v) is 9.14. The molecule has 192 valence electrons. The Bertz CT molecular complexity index is 481. The summed E-state index contributed by atoms with van der Waals surface area (Å²) in [5.41, 5.74) is 0. The van der Waals surface area contributed by atoms with Gasteiger partial charge in [-0.15, -0.1) is 0 Å². The Balaban J connectivity index is 0.000000227. The molecule has 0 unspecified atom stereocenters. The fraction of sp³-hybridized carbons (Fsp3) is 0.923. The fourth-order valence-corrected chi connectivity index (χ4v) is 7.82. The second kappa shape index (κ2) is 16.5. The van der Waals surface area contributed by atoms with E-state index in [1.165, 1.54) is 128 Å². The minimum absolute atomic E-state index is 0. The van der Waals surface area contributed by atoms with Crippen molar-refractivity contribution in [2.24, 2.45) is 0 Å². The molecule has 4 saturated carbocycles. The summed E-state index contributed by atoms with van der Waals surface area (Å²) in [4.78, 5) is 4.87. The van der Waals surface area contributed by atoms with Crippen molar-refractivity contribution in [2.45, 2.75) is 153 Å². The minimum Gasteiger partial charge on any atom is -0.411 e. The van der Waals surface area contributed by atoms with Crippen LogP contribution in [0.4, 0.5) is 0 Å². The molecule has 0 aliphatic heterocycles. The Kier molecular flexibility index (Phi) is 14.9. The molecule has 0 bridgehead atoms. The SMILES string of the molecule is S=C([S-])N(C1CCCCC1)C1CCCCC1.S=C([S-])N(C1CCCCC1)C1CCCCC1.[Ni+2]. The van der Waals surface area contributed by atoms with Crippen molar-refractivity contribution in [3.8, 4) is 0 Å². The van der Waals surface area contributed by atoms with Gasteiger partial charge >= 0.3 is 16.5 Å². The van der Waals surface area contributed by atoms with Crippen molar-refractivity contribution in [3.63, 3.8) is 0 Å². The van der Waals surface area contributed by atoms with Crippen LogP contribution in [0.3, 0.4) is 0 Å². The molecule has 0 radical (unpaired) electrons. The van der Waals surface area contributed by atoms with Crippen LogP contribution in [-0.2, 0) is 41.7 Å². The van der Waals surface area contributed by atoms with Crippen LogP contribution in [0.2, 0.25) is 0 Å². The van der Waals surface area contributed by atoms with E-state index in [-0.39, 0.29) is 16.5 Å². The van der Waals surface area contributed by atoms with Crippen molar-refractivity contribution in [1.82, 2.24) is 9.80 Å². The molecule has 0 aromatic carbocycles. The number of thiocarbonyl (C=S) groups is 2. The molecule has 33 heavy (non-hydrogen) atoms. The van der Waals surface area contributed by atoms with Crippen LogP contribution in [0.1, 0.15) is 128 Å². The minimum atomic E-state index is 0. The Labute approximate surface area is 235 Å². The molecule has 0 saturated heterocycles. The van der Waals surface area contributed by atoms with Crippen molar-refractivity contribution in [3.05, 3.63) is 0 Å². The van der Waals surface area contributed by atoms with Crippen LogP contribution in [0.25, 0.3) is 0 Å². The summed E-state index contributed by atoms with van der Waals surface area (Å²) in [7, 11) is 0. The van der Waals surface area contributed by atoms with Crippen molar-refractivity contribution < 1.29 is 16.5 Å². The second-order valence-corrected chi connectivity index (χ2v) is 12.6. The fourth-order valence-electron chi connectivity index (χ4n) is 6.63. The first kappa shape index (κ1) is 29.9. The summed E-state index contributed by atoms with van der Waals surface area (Å²) < 4.78 is 1.47. The predicted molar refractivity (Wildman–Crippen MR) is 151 cm³/mol.